The first-order valence-corrected chi connectivity index (χ1v) is 12.8. The molecule has 0 unspecified atom stereocenters. The Labute approximate surface area is 213 Å². The molecule has 0 saturated heterocycles. The van der Waals surface area contributed by atoms with Gasteiger partial charge in [-0.2, -0.15) is 0 Å². The summed E-state index contributed by atoms with van der Waals surface area (Å²) in [5.41, 5.74) is 1.54. The minimum atomic E-state index is -0.626. The number of Topliss-reactive ketones (excluding diaryl/α,β-unsaturated/α-hetero) is 1. The van der Waals surface area contributed by atoms with Gasteiger partial charge in [0.2, 0.25) is 0 Å². The van der Waals surface area contributed by atoms with Gasteiger partial charge in [-0.15, -0.1) is 0 Å². The normalized spacial score (nSPS) is 11.1. The van der Waals surface area contributed by atoms with Crippen LogP contribution in [0.4, 0.5) is 4.39 Å². The number of carbonyl (C=O) groups is 2. The third-order valence-corrected chi connectivity index (χ3v) is 7.39. The molecule has 0 fully saturated rings. The van der Waals surface area contributed by atoms with E-state index in [1.54, 1.807) is 17.6 Å². The van der Waals surface area contributed by atoms with E-state index in [1.807, 2.05) is 31.2 Å². The van der Waals surface area contributed by atoms with Crippen LogP contribution in [0.15, 0.2) is 58.5 Å². The highest BCUT2D eigenvalue weighted by atomic mass is 32.2. The van der Waals surface area contributed by atoms with E-state index in [0.29, 0.717) is 9.60 Å². The fourth-order valence-electron chi connectivity index (χ4n) is 3.47. The van der Waals surface area contributed by atoms with Crippen molar-refractivity contribution in [1.29, 1.82) is 0 Å². The Morgan fingerprint density at radius 2 is 1.80 bits per heavy atom. The van der Waals surface area contributed by atoms with Crippen LogP contribution < -0.4 is 5.56 Å². The number of para-hydroxylation sites is 2. The molecular weight excluding hydrogens is 509 g/mol. The van der Waals surface area contributed by atoms with Gasteiger partial charge in [0.25, 0.3) is 5.56 Å². The van der Waals surface area contributed by atoms with Crippen molar-refractivity contribution < 1.29 is 18.7 Å². The smallest absolute Gasteiger partial charge is 0.313 e. The molecule has 0 amide bonds. The number of thiazole rings is 1. The molecule has 0 saturated carbocycles. The molecule has 7 nitrogen and oxygen atoms in total. The number of thioether (sulfide) groups is 1. The zero-order chi connectivity index (χ0) is 25.1. The SMILES string of the molecule is CCOC(=O)CC(=O)CSc1nc2c(sc(=S)n2-c2ccccc2C)c(=O)n1-c1ccccc1F. The molecule has 180 valence electrons. The van der Waals surface area contributed by atoms with Gasteiger partial charge in [0.05, 0.1) is 23.7 Å². The quantitative estimate of drug-likeness (QED) is 0.104. The van der Waals surface area contributed by atoms with Gasteiger partial charge in [-0.25, -0.2) is 9.37 Å². The zero-order valence-corrected chi connectivity index (χ0v) is 21.3. The number of nitrogens with zero attached hydrogens (tertiary/aromatic N) is 3. The largest absolute Gasteiger partial charge is 0.466 e. The van der Waals surface area contributed by atoms with E-state index >= 15 is 0 Å². The minimum absolute atomic E-state index is 0.00833. The highest BCUT2D eigenvalue weighted by Gasteiger charge is 2.22. The highest BCUT2D eigenvalue weighted by Crippen LogP contribution is 2.29. The Hall–Kier alpha value is -3.15. The van der Waals surface area contributed by atoms with Crippen molar-refractivity contribution in [1.82, 2.24) is 14.1 Å². The third-order valence-electron chi connectivity index (χ3n) is 5.04. The molecule has 0 aliphatic heterocycles. The molecule has 2 aromatic carbocycles. The van der Waals surface area contributed by atoms with Crippen LogP contribution in [0.3, 0.4) is 0 Å². The lowest BCUT2D eigenvalue weighted by atomic mass is 10.2. The van der Waals surface area contributed by atoms with Crippen LogP contribution in [-0.4, -0.2) is 38.2 Å². The molecule has 0 radical (unpaired) electrons. The first kappa shape index (κ1) is 25.0. The topological polar surface area (TPSA) is 83.2 Å². The second kappa shape index (κ2) is 10.6. The van der Waals surface area contributed by atoms with Crippen LogP contribution in [0.1, 0.15) is 18.9 Å². The van der Waals surface area contributed by atoms with Crippen LogP contribution in [0.2, 0.25) is 0 Å². The van der Waals surface area contributed by atoms with Gasteiger partial charge in [-0.3, -0.25) is 23.5 Å². The average Bonchev–Trinajstić information content (AvgIpc) is 3.15. The molecule has 0 spiro atoms. The zero-order valence-electron chi connectivity index (χ0n) is 18.8. The Balaban J connectivity index is 1.88. The summed E-state index contributed by atoms with van der Waals surface area (Å²) < 4.78 is 23.1. The molecule has 0 N–H and O–H groups in total. The molecule has 4 rings (SSSR count). The summed E-state index contributed by atoms with van der Waals surface area (Å²) in [6.45, 7) is 3.75. The van der Waals surface area contributed by atoms with E-state index in [-0.39, 0.29) is 27.9 Å². The van der Waals surface area contributed by atoms with E-state index in [4.69, 9.17) is 17.0 Å². The van der Waals surface area contributed by atoms with E-state index < -0.39 is 29.5 Å². The van der Waals surface area contributed by atoms with Gasteiger partial charge >= 0.3 is 5.97 Å². The number of aromatic nitrogens is 3. The van der Waals surface area contributed by atoms with Crippen molar-refractivity contribution in [2.45, 2.75) is 25.4 Å². The Morgan fingerprint density at radius 3 is 2.49 bits per heavy atom. The predicted molar refractivity (Wildman–Crippen MR) is 137 cm³/mol. The Morgan fingerprint density at radius 1 is 1.11 bits per heavy atom. The number of aryl methyl sites for hydroxylation is 1. The van der Waals surface area contributed by atoms with Crippen LogP contribution in [-0.2, 0) is 14.3 Å². The van der Waals surface area contributed by atoms with E-state index in [9.17, 15) is 18.8 Å². The van der Waals surface area contributed by atoms with Crippen molar-refractivity contribution in [3.8, 4) is 11.4 Å². The fourth-order valence-corrected chi connectivity index (χ4v) is 5.62. The highest BCUT2D eigenvalue weighted by molar-refractivity contribution is 7.99. The number of rotatable bonds is 8. The molecular formula is C24H20FN3O4S3. The number of hydrogen-bond donors (Lipinski definition) is 0. The second-order valence-electron chi connectivity index (χ2n) is 7.44. The number of ether oxygens (including phenoxy) is 1. The lowest BCUT2D eigenvalue weighted by Gasteiger charge is -2.14. The average molecular weight is 530 g/mol. The molecule has 4 aromatic rings. The van der Waals surface area contributed by atoms with E-state index in [1.165, 1.54) is 18.2 Å². The molecule has 0 bridgehead atoms. The molecule has 0 aliphatic rings. The van der Waals surface area contributed by atoms with Crippen molar-refractivity contribution in [2.75, 3.05) is 12.4 Å². The van der Waals surface area contributed by atoms with Gasteiger partial charge in [-0.1, -0.05) is 53.4 Å². The van der Waals surface area contributed by atoms with Crippen molar-refractivity contribution >= 4 is 57.4 Å². The summed E-state index contributed by atoms with van der Waals surface area (Å²) in [5, 5.41) is 0.111. The number of benzene rings is 2. The monoisotopic (exact) mass is 529 g/mol. The number of halogens is 1. The third kappa shape index (κ3) is 5.12. The van der Waals surface area contributed by atoms with Crippen LogP contribution >= 0.6 is 35.3 Å². The number of hydrogen-bond acceptors (Lipinski definition) is 8. The first-order chi connectivity index (χ1) is 16.8. The lowest BCUT2D eigenvalue weighted by molar-refractivity contribution is -0.145. The van der Waals surface area contributed by atoms with Gasteiger partial charge < -0.3 is 4.74 Å². The maximum Gasteiger partial charge on any atom is 0.313 e. The summed E-state index contributed by atoms with van der Waals surface area (Å²) in [4.78, 5) is 42.4. The van der Waals surface area contributed by atoms with Crippen LogP contribution in [0.5, 0.6) is 0 Å². The standard InChI is InChI=1S/C24H20FN3O4S3/c1-3-32-19(30)12-15(29)13-34-23-26-21-20(22(31)28(23)18-11-7-5-9-16(18)25)35-24(33)27(21)17-10-6-4-8-14(17)2/h4-11H,3,12-13H2,1-2H3. The molecule has 11 heteroatoms. The number of esters is 1. The summed E-state index contributed by atoms with van der Waals surface area (Å²) in [6, 6.07) is 13.4. The summed E-state index contributed by atoms with van der Waals surface area (Å²) in [7, 11) is 0. The minimum Gasteiger partial charge on any atom is -0.466 e. The van der Waals surface area contributed by atoms with E-state index in [0.717, 1.165) is 38.9 Å². The Kier molecular flexibility index (Phi) is 7.58. The molecule has 2 aromatic heterocycles. The summed E-state index contributed by atoms with van der Waals surface area (Å²) >= 11 is 7.61. The molecule has 2 heterocycles. The van der Waals surface area contributed by atoms with Gasteiger partial charge in [-0.05, 0) is 49.8 Å². The summed E-state index contributed by atoms with van der Waals surface area (Å²) in [6.07, 6.45) is -0.398. The number of ketones is 1. The van der Waals surface area contributed by atoms with Crippen LogP contribution in [0.25, 0.3) is 21.7 Å². The maximum absolute atomic E-state index is 14.7. The Bertz CT molecular complexity index is 1560. The van der Waals surface area contributed by atoms with Crippen LogP contribution in [0, 0.1) is 16.7 Å². The molecule has 0 aliphatic carbocycles. The van der Waals surface area contributed by atoms with Crippen molar-refractivity contribution in [2.24, 2.45) is 0 Å². The van der Waals surface area contributed by atoms with Gasteiger partial charge in [0.15, 0.2) is 20.5 Å². The van der Waals surface area contributed by atoms with Crippen molar-refractivity contribution in [3.63, 3.8) is 0 Å². The van der Waals surface area contributed by atoms with Gasteiger partial charge in [0, 0.05) is 0 Å². The van der Waals surface area contributed by atoms with Gasteiger partial charge in [0.1, 0.15) is 16.9 Å². The number of fused-ring (bicyclic) bond motifs is 1. The lowest BCUT2D eigenvalue weighted by Crippen LogP contribution is -2.23. The van der Waals surface area contributed by atoms with E-state index in [2.05, 4.69) is 4.98 Å². The maximum atomic E-state index is 14.7. The second-order valence-corrected chi connectivity index (χ2v) is 10.0. The summed E-state index contributed by atoms with van der Waals surface area (Å²) in [5.74, 6) is -1.79. The molecule has 35 heavy (non-hydrogen) atoms. The molecule has 0 atom stereocenters. The predicted octanol–water partition coefficient (Wildman–Crippen LogP) is 5.03. The first-order valence-electron chi connectivity index (χ1n) is 10.6. The number of carbonyl (C=O) groups excluding carboxylic acids is 2. The van der Waals surface area contributed by atoms with Crippen molar-refractivity contribution in [3.05, 3.63) is 74.2 Å². The fraction of sp³-hybridized carbons (Fsp3) is 0.208.